The van der Waals surface area contributed by atoms with E-state index in [4.69, 9.17) is 15.0 Å². The number of hydrogen-bond donors (Lipinski definition) is 0. The van der Waals surface area contributed by atoms with Gasteiger partial charge in [0.15, 0.2) is 17.5 Å². The van der Waals surface area contributed by atoms with Gasteiger partial charge in [0.05, 0.1) is 11.0 Å². The van der Waals surface area contributed by atoms with Crippen LogP contribution in [0.15, 0.2) is 248 Å². The molecule has 0 radical (unpaired) electrons. The van der Waals surface area contributed by atoms with Crippen LogP contribution in [0.25, 0.3) is 89.5 Å². The molecule has 0 N–H and O–H groups in total. The van der Waals surface area contributed by atoms with Crippen LogP contribution in [-0.4, -0.2) is 19.5 Å². The van der Waals surface area contributed by atoms with Gasteiger partial charge in [-0.05, 0) is 113 Å². The summed E-state index contributed by atoms with van der Waals surface area (Å²) in [4.78, 5) is 15.3. The molecule has 0 saturated heterocycles. The van der Waals surface area contributed by atoms with E-state index in [2.05, 4.69) is 224 Å². The molecule has 2 heterocycles. The van der Waals surface area contributed by atoms with E-state index in [0.717, 1.165) is 76.7 Å². The molecular weight excluding hydrogens is 861 g/mol. The Balaban J connectivity index is 0.918. The van der Waals surface area contributed by atoms with E-state index < -0.39 is 0 Å². The molecule has 0 bridgehead atoms. The number of aromatic nitrogens is 4. The van der Waals surface area contributed by atoms with Gasteiger partial charge < -0.3 is 4.57 Å². The summed E-state index contributed by atoms with van der Waals surface area (Å²) in [6.07, 6.45) is 17.6. The van der Waals surface area contributed by atoms with Crippen molar-refractivity contribution in [1.82, 2.24) is 19.5 Å². The Labute approximate surface area is 416 Å². The highest BCUT2D eigenvalue weighted by atomic mass is 15.0. The van der Waals surface area contributed by atoms with Crippen LogP contribution < -0.4 is 0 Å². The third-order valence-corrected chi connectivity index (χ3v) is 14.4. The second-order valence-corrected chi connectivity index (χ2v) is 19.0. The van der Waals surface area contributed by atoms with Crippen LogP contribution in [0.1, 0.15) is 56.1 Å². The maximum absolute atomic E-state index is 5.16. The van der Waals surface area contributed by atoms with Crippen LogP contribution in [0, 0.1) is 5.92 Å². The lowest BCUT2D eigenvalue weighted by Crippen LogP contribution is -2.08. The van der Waals surface area contributed by atoms with Gasteiger partial charge in [-0.25, -0.2) is 15.0 Å². The highest BCUT2D eigenvalue weighted by Gasteiger charge is 2.23. The molecule has 2 aliphatic carbocycles. The standard InChI is InChI=1S/C67H54N4/c1-46-37-42-59(49-21-7-3-8-22-49)58-32-12-11-23-50(58)26-15-27-53(43-46)54-28-17-31-57(45-54)71-62-35-14-13-33-61(62)64-60(34-18-36-63(64)71)55-29-16-30-56(44-55)67-69-65(51-24-9-4-10-25-51)68-66(70-67)52-40-38-48(39-41-52)47-19-5-2-6-20-47/h2-10,12-22,24-25,27-36,38-41,43-46,59H,11,23,26,37,42H2,1H3/b27-15-,53-43+. The van der Waals surface area contributed by atoms with Crippen molar-refractivity contribution in [1.29, 1.82) is 0 Å². The Kier molecular flexibility index (Phi) is 12.0. The van der Waals surface area contributed by atoms with Gasteiger partial charge in [-0.3, -0.25) is 0 Å². The fraction of sp³-hybridized carbons (Fsp3) is 0.119. The van der Waals surface area contributed by atoms with Crippen molar-refractivity contribution in [2.45, 2.75) is 44.9 Å². The van der Waals surface area contributed by atoms with Crippen molar-refractivity contribution >= 4 is 27.4 Å². The Morgan fingerprint density at radius 3 is 1.85 bits per heavy atom. The molecule has 10 aromatic rings. The van der Waals surface area contributed by atoms with Crippen molar-refractivity contribution in [3.8, 4) is 62.1 Å². The number of nitrogens with zero attached hydrogens (tertiary/aromatic N) is 4. The van der Waals surface area contributed by atoms with Gasteiger partial charge in [0.1, 0.15) is 0 Å². The second-order valence-electron chi connectivity index (χ2n) is 19.0. The van der Waals surface area contributed by atoms with Gasteiger partial charge in [-0.2, -0.15) is 0 Å². The lowest BCUT2D eigenvalue weighted by molar-refractivity contribution is 0.565. The molecule has 0 aliphatic heterocycles. The molecule has 71 heavy (non-hydrogen) atoms. The summed E-state index contributed by atoms with van der Waals surface area (Å²) in [6, 6.07) is 73.7. The minimum absolute atomic E-state index is 0.409. The molecule has 2 unspecified atom stereocenters. The first-order valence-electron chi connectivity index (χ1n) is 25.1. The molecule has 0 saturated carbocycles. The van der Waals surface area contributed by atoms with E-state index in [1.165, 1.54) is 44.1 Å². The van der Waals surface area contributed by atoms with Crippen molar-refractivity contribution in [2.75, 3.05) is 0 Å². The normalized spacial score (nSPS) is 17.3. The first-order valence-corrected chi connectivity index (χ1v) is 25.1. The molecule has 0 fully saturated rings. The lowest BCUT2D eigenvalue weighted by Gasteiger charge is -2.25. The van der Waals surface area contributed by atoms with Crippen LogP contribution in [0.3, 0.4) is 0 Å². The molecule has 4 nitrogen and oxygen atoms in total. The predicted molar refractivity (Wildman–Crippen MR) is 296 cm³/mol. The van der Waals surface area contributed by atoms with Crippen LogP contribution in [0.5, 0.6) is 0 Å². The van der Waals surface area contributed by atoms with E-state index in [1.807, 2.05) is 24.3 Å². The van der Waals surface area contributed by atoms with Crippen molar-refractivity contribution in [3.63, 3.8) is 0 Å². The maximum Gasteiger partial charge on any atom is 0.164 e. The van der Waals surface area contributed by atoms with E-state index in [9.17, 15) is 0 Å². The van der Waals surface area contributed by atoms with Gasteiger partial charge in [-0.1, -0.05) is 219 Å². The number of rotatable bonds is 8. The fourth-order valence-corrected chi connectivity index (χ4v) is 10.9. The summed E-state index contributed by atoms with van der Waals surface area (Å²) in [6.45, 7) is 2.39. The molecule has 0 amide bonds. The number of allylic oxidation sites excluding steroid dienone is 8. The Bertz CT molecular complexity index is 3670. The second kappa shape index (κ2) is 19.5. The number of fused-ring (bicyclic) bond motifs is 3. The average molecular weight is 915 g/mol. The van der Waals surface area contributed by atoms with Crippen molar-refractivity contribution < 1.29 is 0 Å². The van der Waals surface area contributed by atoms with Gasteiger partial charge in [0.2, 0.25) is 0 Å². The average Bonchev–Trinajstić information content (AvgIpc) is 3.77. The summed E-state index contributed by atoms with van der Waals surface area (Å²) < 4.78 is 2.45. The minimum atomic E-state index is 0.409. The van der Waals surface area contributed by atoms with Gasteiger partial charge in [-0.15, -0.1) is 0 Å². The molecule has 8 aromatic carbocycles. The monoisotopic (exact) mass is 914 g/mol. The summed E-state index contributed by atoms with van der Waals surface area (Å²) in [7, 11) is 0. The summed E-state index contributed by atoms with van der Waals surface area (Å²) in [5, 5.41) is 2.43. The van der Waals surface area contributed by atoms with E-state index >= 15 is 0 Å². The number of para-hydroxylation sites is 1. The van der Waals surface area contributed by atoms with E-state index in [0.29, 0.717) is 29.3 Å². The lowest BCUT2D eigenvalue weighted by atomic mass is 9.79. The number of benzene rings is 8. The van der Waals surface area contributed by atoms with Crippen molar-refractivity contribution in [3.05, 3.63) is 259 Å². The maximum atomic E-state index is 5.16. The quantitative estimate of drug-likeness (QED) is 0.153. The smallest absolute Gasteiger partial charge is 0.164 e. The molecule has 4 heteroatoms. The first-order chi connectivity index (χ1) is 35.1. The highest BCUT2D eigenvalue weighted by molar-refractivity contribution is 6.16. The van der Waals surface area contributed by atoms with Crippen molar-refractivity contribution in [2.24, 2.45) is 5.92 Å². The van der Waals surface area contributed by atoms with Gasteiger partial charge in [0.25, 0.3) is 0 Å². The van der Waals surface area contributed by atoms with Crippen LogP contribution in [0.2, 0.25) is 0 Å². The van der Waals surface area contributed by atoms with Gasteiger partial charge in [0, 0.05) is 39.1 Å². The molecular formula is C67H54N4. The molecule has 342 valence electrons. The predicted octanol–water partition coefficient (Wildman–Crippen LogP) is 17.5. The topological polar surface area (TPSA) is 43.6 Å². The summed E-state index contributed by atoms with van der Waals surface area (Å²) >= 11 is 0. The molecule has 12 rings (SSSR count). The van der Waals surface area contributed by atoms with E-state index in [1.54, 1.807) is 5.57 Å². The number of hydrogen-bond acceptors (Lipinski definition) is 3. The summed E-state index contributed by atoms with van der Waals surface area (Å²) in [5.41, 5.74) is 17.9. The van der Waals surface area contributed by atoms with E-state index in [-0.39, 0.29) is 0 Å². The van der Waals surface area contributed by atoms with Crippen LogP contribution in [0.4, 0.5) is 0 Å². The zero-order valence-electron chi connectivity index (χ0n) is 40.0. The summed E-state index contributed by atoms with van der Waals surface area (Å²) in [5.74, 6) is 2.73. The SMILES string of the molecule is CC1/C=C(c2cccc(-n3c4ccccc4c4c(-c5cccc(-c6nc(-c7ccccc7)nc(-c7ccc(-c8ccccc8)cc7)n6)c5)cccc43)c2)\C=C/CC2=C(C=CCC2)C(c2ccccc2)CC1. The third kappa shape index (κ3) is 8.90. The molecule has 2 aliphatic rings. The zero-order chi connectivity index (χ0) is 47.5. The Morgan fingerprint density at radius 1 is 0.465 bits per heavy atom. The van der Waals surface area contributed by atoms with Crippen LogP contribution in [-0.2, 0) is 0 Å². The molecule has 2 aromatic heterocycles. The fourth-order valence-electron chi connectivity index (χ4n) is 10.9. The Hall–Kier alpha value is -8.47. The highest BCUT2D eigenvalue weighted by Crippen LogP contribution is 2.42. The minimum Gasteiger partial charge on any atom is -0.309 e. The van der Waals surface area contributed by atoms with Crippen LogP contribution >= 0.6 is 0 Å². The van der Waals surface area contributed by atoms with Gasteiger partial charge >= 0.3 is 0 Å². The first kappa shape index (κ1) is 43.8. The third-order valence-electron chi connectivity index (χ3n) is 14.4. The zero-order valence-corrected chi connectivity index (χ0v) is 40.0. The molecule has 2 atom stereocenters. The molecule has 0 spiro atoms. The largest absolute Gasteiger partial charge is 0.309 e. The Morgan fingerprint density at radius 2 is 1.06 bits per heavy atom.